The van der Waals surface area contributed by atoms with Gasteiger partial charge in [0.1, 0.15) is 11.9 Å². The van der Waals surface area contributed by atoms with Crippen LogP contribution in [0.25, 0.3) is 11.4 Å². The number of hydrogen-bond donors (Lipinski definition) is 1. The number of hydrogen-bond acceptors (Lipinski definition) is 4. The van der Waals surface area contributed by atoms with Crippen molar-refractivity contribution in [3.63, 3.8) is 0 Å². The zero-order valence-corrected chi connectivity index (χ0v) is 14.5. The Morgan fingerprint density at radius 1 is 1.40 bits per heavy atom. The van der Waals surface area contributed by atoms with E-state index < -0.39 is 6.04 Å². The smallest absolute Gasteiger partial charge is 0.318 e. The van der Waals surface area contributed by atoms with Gasteiger partial charge in [-0.05, 0) is 36.3 Å². The number of rotatable bonds is 3. The molecule has 0 bridgehead atoms. The lowest BCUT2D eigenvalue weighted by atomic mass is 10.1. The molecule has 1 aromatic heterocycles. The first-order valence-electron chi connectivity index (χ1n) is 8.51. The molecule has 1 saturated heterocycles. The molecule has 7 heteroatoms. The number of piperidine rings is 1. The molecule has 0 spiro atoms. The number of nitrogens with zero attached hydrogens (tertiary/aromatic N) is 3. The van der Waals surface area contributed by atoms with E-state index in [0.29, 0.717) is 34.5 Å². The second-order valence-corrected chi connectivity index (χ2v) is 7.58. The quantitative estimate of drug-likeness (QED) is 0.928. The second-order valence-electron chi connectivity index (χ2n) is 7.58. The van der Waals surface area contributed by atoms with Crippen molar-refractivity contribution in [2.75, 3.05) is 13.1 Å². The molecule has 2 amide bonds. The van der Waals surface area contributed by atoms with Crippen molar-refractivity contribution in [2.45, 2.75) is 26.8 Å². The first-order valence-corrected chi connectivity index (χ1v) is 8.51. The molecular formula is C18H21FN4O2. The zero-order chi connectivity index (χ0) is 17.8. The number of carbonyl (C=O) groups is 1. The number of fused-ring (bicyclic) bond motifs is 1. The SMILES string of the molecule is C[C@H](NC(=O)N1C[C@@H]2[C@H](C1)C2(C)C)c1nc(-c2cccc(F)c2)no1. The molecule has 132 valence electrons. The lowest BCUT2D eigenvalue weighted by Gasteiger charge is -2.23. The fraction of sp³-hybridized carbons (Fsp3) is 0.500. The Hall–Kier alpha value is -2.44. The van der Waals surface area contributed by atoms with Crippen LogP contribution in [-0.4, -0.2) is 34.2 Å². The van der Waals surface area contributed by atoms with Crippen LogP contribution in [0.2, 0.25) is 0 Å². The van der Waals surface area contributed by atoms with Gasteiger partial charge in [-0.1, -0.05) is 31.1 Å². The second kappa shape index (κ2) is 5.54. The summed E-state index contributed by atoms with van der Waals surface area (Å²) in [5.41, 5.74) is 0.907. The molecule has 2 aliphatic rings. The topological polar surface area (TPSA) is 71.3 Å². The fourth-order valence-corrected chi connectivity index (χ4v) is 3.79. The van der Waals surface area contributed by atoms with Gasteiger partial charge in [-0.25, -0.2) is 9.18 Å². The third-order valence-corrected chi connectivity index (χ3v) is 5.64. The van der Waals surface area contributed by atoms with Gasteiger partial charge in [0.15, 0.2) is 0 Å². The van der Waals surface area contributed by atoms with E-state index in [2.05, 4.69) is 29.3 Å². The third-order valence-electron chi connectivity index (χ3n) is 5.64. The molecule has 2 fully saturated rings. The molecule has 1 N–H and O–H groups in total. The van der Waals surface area contributed by atoms with E-state index in [1.807, 2.05) is 4.90 Å². The van der Waals surface area contributed by atoms with Crippen LogP contribution in [0.3, 0.4) is 0 Å². The summed E-state index contributed by atoms with van der Waals surface area (Å²) < 4.78 is 18.5. The number of urea groups is 1. The van der Waals surface area contributed by atoms with Gasteiger partial charge in [0.25, 0.3) is 0 Å². The van der Waals surface area contributed by atoms with Crippen LogP contribution in [0.4, 0.5) is 9.18 Å². The average Bonchev–Trinajstić information content (AvgIpc) is 3.06. The molecular weight excluding hydrogens is 323 g/mol. The lowest BCUT2D eigenvalue weighted by Crippen LogP contribution is -2.41. The van der Waals surface area contributed by atoms with Crippen LogP contribution >= 0.6 is 0 Å². The largest absolute Gasteiger partial charge is 0.337 e. The summed E-state index contributed by atoms with van der Waals surface area (Å²) in [5.74, 6) is 1.46. The molecule has 0 unspecified atom stereocenters. The van der Waals surface area contributed by atoms with Crippen molar-refractivity contribution in [1.29, 1.82) is 0 Å². The summed E-state index contributed by atoms with van der Waals surface area (Å²) in [6.45, 7) is 7.91. The highest BCUT2D eigenvalue weighted by Crippen LogP contribution is 2.61. The summed E-state index contributed by atoms with van der Waals surface area (Å²) in [4.78, 5) is 18.5. The Morgan fingerprint density at radius 3 is 2.80 bits per heavy atom. The normalized spacial score (nSPS) is 24.7. The van der Waals surface area contributed by atoms with Crippen LogP contribution < -0.4 is 5.32 Å². The Labute approximate surface area is 145 Å². The summed E-state index contributed by atoms with van der Waals surface area (Å²) >= 11 is 0. The lowest BCUT2D eigenvalue weighted by molar-refractivity contribution is 0.190. The molecule has 1 aliphatic carbocycles. The van der Waals surface area contributed by atoms with Crippen LogP contribution in [0, 0.1) is 23.1 Å². The molecule has 6 nitrogen and oxygen atoms in total. The minimum atomic E-state index is -0.410. The monoisotopic (exact) mass is 344 g/mol. The van der Waals surface area contributed by atoms with Crippen molar-refractivity contribution in [1.82, 2.24) is 20.4 Å². The van der Waals surface area contributed by atoms with Crippen molar-refractivity contribution >= 4 is 6.03 Å². The first kappa shape index (κ1) is 16.1. The van der Waals surface area contributed by atoms with Crippen LogP contribution in [0.1, 0.15) is 32.7 Å². The van der Waals surface area contributed by atoms with Gasteiger partial charge in [-0.2, -0.15) is 4.98 Å². The number of carbonyl (C=O) groups excluding carboxylic acids is 1. The van der Waals surface area contributed by atoms with Gasteiger partial charge in [-0.15, -0.1) is 0 Å². The Balaban J connectivity index is 1.39. The molecule has 1 aromatic carbocycles. The average molecular weight is 344 g/mol. The Morgan fingerprint density at radius 2 is 2.12 bits per heavy atom. The van der Waals surface area contributed by atoms with Crippen molar-refractivity contribution < 1.29 is 13.7 Å². The number of halogens is 1. The van der Waals surface area contributed by atoms with Gasteiger partial charge < -0.3 is 14.7 Å². The minimum Gasteiger partial charge on any atom is -0.337 e. The highest BCUT2D eigenvalue weighted by Gasteiger charge is 2.62. The van der Waals surface area contributed by atoms with E-state index in [0.717, 1.165) is 13.1 Å². The van der Waals surface area contributed by atoms with Crippen molar-refractivity contribution in [2.24, 2.45) is 17.3 Å². The molecule has 2 heterocycles. The highest BCUT2D eigenvalue weighted by atomic mass is 19.1. The van der Waals surface area contributed by atoms with Gasteiger partial charge >= 0.3 is 6.03 Å². The number of benzene rings is 1. The van der Waals surface area contributed by atoms with Crippen molar-refractivity contribution in [3.05, 3.63) is 36.0 Å². The van der Waals surface area contributed by atoms with Gasteiger partial charge in [0.05, 0.1) is 0 Å². The molecule has 3 atom stereocenters. The highest BCUT2D eigenvalue weighted by molar-refractivity contribution is 5.75. The Kier molecular flexibility index (Phi) is 3.56. The van der Waals surface area contributed by atoms with Crippen LogP contribution in [0.5, 0.6) is 0 Å². The molecule has 4 rings (SSSR count). The summed E-state index contributed by atoms with van der Waals surface area (Å²) in [6, 6.07) is 5.48. The van der Waals surface area contributed by atoms with E-state index in [1.165, 1.54) is 12.1 Å². The summed E-state index contributed by atoms with van der Waals surface area (Å²) in [6.07, 6.45) is 0. The van der Waals surface area contributed by atoms with Gasteiger partial charge in [0.2, 0.25) is 11.7 Å². The zero-order valence-electron chi connectivity index (χ0n) is 14.5. The summed E-state index contributed by atoms with van der Waals surface area (Å²) in [5, 5.41) is 6.77. The van der Waals surface area contributed by atoms with E-state index in [9.17, 15) is 9.18 Å². The summed E-state index contributed by atoms with van der Waals surface area (Å²) in [7, 11) is 0. The maximum atomic E-state index is 13.3. The van der Waals surface area contributed by atoms with Gasteiger partial charge in [-0.3, -0.25) is 0 Å². The maximum Gasteiger partial charge on any atom is 0.318 e. The molecule has 1 aliphatic heterocycles. The maximum absolute atomic E-state index is 13.3. The van der Waals surface area contributed by atoms with E-state index in [4.69, 9.17) is 4.52 Å². The van der Waals surface area contributed by atoms with Crippen LogP contribution in [0.15, 0.2) is 28.8 Å². The standard InChI is InChI=1S/C18H21FN4O2/c1-10(20-17(24)23-8-13-14(9-23)18(13,2)3)16-21-15(22-25-16)11-5-4-6-12(19)7-11/h4-7,10,13-14H,8-9H2,1-3H3,(H,20,24)/t10-,13-,14+/m0/s1. The predicted octanol–water partition coefficient (Wildman–Crippen LogP) is 3.23. The number of nitrogens with one attached hydrogen (secondary N) is 1. The Bertz CT molecular complexity index is 805. The first-order chi connectivity index (χ1) is 11.9. The molecule has 1 saturated carbocycles. The predicted molar refractivity (Wildman–Crippen MR) is 89.0 cm³/mol. The fourth-order valence-electron chi connectivity index (χ4n) is 3.79. The third kappa shape index (κ3) is 2.77. The minimum absolute atomic E-state index is 0.110. The number of likely N-dealkylation sites (tertiary alicyclic amines) is 1. The molecule has 0 radical (unpaired) electrons. The van der Waals surface area contributed by atoms with E-state index >= 15 is 0 Å². The van der Waals surface area contributed by atoms with Crippen LogP contribution in [-0.2, 0) is 0 Å². The number of aromatic nitrogens is 2. The van der Waals surface area contributed by atoms with Crippen molar-refractivity contribution in [3.8, 4) is 11.4 Å². The van der Waals surface area contributed by atoms with E-state index in [1.54, 1.807) is 19.1 Å². The van der Waals surface area contributed by atoms with Gasteiger partial charge in [0, 0.05) is 18.7 Å². The van der Waals surface area contributed by atoms with E-state index in [-0.39, 0.29) is 11.8 Å². The molecule has 2 aromatic rings. The molecule has 25 heavy (non-hydrogen) atoms. The number of amides is 2.